The van der Waals surface area contributed by atoms with Crippen LogP contribution < -0.4 is 9.47 Å². The molecule has 1 rings (SSSR count). The van der Waals surface area contributed by atoms with Crippen molar-refractivity contribution in [2.24, 2.45) is 0 Å². The Kier molecular flexibility index (Phi) is 6.00. The van der Waals surface area contributed by atoms with Crippen LogP contribution in [-0.4, -0.2) is 37.0 Å². The van der Waals surface area contributed by atoms with Crippen molar-refractivity contribution >= 4 is 5.97 Å². The molecule has 1 aromatic rings. The normalized spacial score (nSPS) is 11.9. The number of hydrogen-bond donors (Lipinski definition) is 1. The van der Waals surface area contributed by atoms with Crippen LogP contribution in [0.3, 0.4) is 0 Å². The van der Waals surface area contributed by atoms with Gasteiger partial charge in [-0.2, -0.15) is 0 Å². The second-order valence-electron chi connectivity index (χ2n) is 3.47. The highest BCUT2D eigenvalue weighted by atomic mass is 16.6. The van der Waals surface area contributed by atoms with Crippen molar-refractivity contribution < 1.29 is 24.1 Å². The van der Waals surface area contributed by atoms with Gasteiger partial charge in [-0.05, 0) is 26.0 Å². The number of hydrogen-bond acceptors (Lipinski definition) is 4. The first-order chi connectivity index (χ1) is 8.69. The van der Waals surface area contributed by atoms with Crippen LogP contribution in [0, 0.1) is 0 Å². The van der Waals surface area contributed by atoms with E-state index >= 15 is 0 Å². The maximum atomic E-state index is 10.9. The summed E-state index contributed by atoms with van der Waals surface area (Å²) in [4.78, 5) is 10.9. The molecule has 0 aliphatic rings. The Morgan fingerprint density at radius 3 is 2.28 bits per heavy atom. The first-order valence-electron chi connectivity index (χ1n) is 5.88. The van der Waals surface area contributed by atoms with Gasteiger partial charge < -0.3 is 19.3 Å². The Morgan fingerprint density at radius 1 is 1.17 bits per heavy atom. The summed E-state index contributed by atoms with van der Waals surface area (Å²) in [6.45, 7) is 4.41. The number of aliphatic carboxylic acids is 1. The Hall–Kier alpha value is -1.75. The van der Waals surface area contributed by atoms with Gasteiger partial charge >= 0.3 is 5.97 Å². The largest absolute Gasteiger partial charge is 0.490 e. The lowest BCUT2D eigenvalue weighted by molar-refractivity contribution is -0.152. The minimum atomic E-state index is -1.04. The predicted octanol–water partition coefficient (Wildman–Crippen LogP) is 1.95. The quantitative estimate of drug-likeness (QED) is 0.768. The van der Waals surface area contributed by atoms with Gasteiger partial charge in [-0.15, -0.1) is 0 Å². The van der Waals surface area contributed by atoms with E-state index in [1.54, 1.807) is 25.1 Å². The van der Waals surface area contributed by atoms with Crippen LogP contribution in [-0.2, 0) is 9.53 Å². The molecule has 0 fully saturated rings. The molecule has 1 unspecified atom stereocenters. The monoisotopic (exact) mass is 254 g/mol. The number of benzene rings is 1. The van der Waals surface area contributed by atoms with Crippen LogP contribution in [0.15, 0.2) is 24.3 Å². The summed E-state index contributed by atoms with van der Waals surface area (Å²) in [6, 6.07) is 7.13. The number of ether oxygens (including phenoxy) is 3. The highest BCUT2D eigenvalue weighted by Gasteiger charge is 2.19. The van der Waals surface area contributed by atoms with E-state index in [1.807, 2.05) is 13.0 Å². The average Bonchev–Trinajstić information content (AvgIpc) is 2.36. The van der Waals surface area contributed by atoms with Gasteiger partial charge in [0.1, 0.15) is 6.61 Å². The van der Waals surface area contributed by atoms with Gasteiger partial charge in [0, 0.05) is 6.61 Å². The summed E-state index contributed by atoms with van der Waals surface area (Å²) < 4.78 is 15.9. The van der Waals surface area contributed by atoms with E-state index in [0.29, 0.717) is 24.7 Å². The molecule has 100 valence electrons. The number of carbonyl (C=O) groups is 1. The fourth-order valence-corrected chi connectivity index (χ4v) is 1.40. The second kappa shape index (κ2) is 7.55. The first kappa shape index (κ1) is 14.3. The highest BCUT2D eigenvalue weighted by molar-refractivity contribution is 5.72. The van der Waals surface area contributed by atoms with Gasteiger partial charge in [0.2, 0.25) is 0 Å². The van der Waals surface area contributed by atoms with Gasteiger partial charge in [0.25, 0.3) is 0 Å². The third-order valence-corrected chi connectivity index (χ3v) is 2.18. The summed E-state index contributed by atoms with van der Waals surface area (Å²) in [5, 5.41) is 8.92. The van der Waals surface area contributed by atoms with Crippen LogP contribution in [0.2, 0.25) is 0 Å². The third-order valence-electron chi connectivity index (χ3n) is 2.18. The molecule has 0 aliphatic carbocycles. The molecular formula is C13H18O5. The molecule has 1 aromatic carbocycles. The van der Waals surface area contributed by atoms with Crippen molar-refractivity contribution in [3.63, 3.8) is 0 Å². The van der Waals surface area contributed by atoms with Gasteiger partial charge in [-0.1, -0.05) is 12.1 Å². The fraction of sp³-hybridized carbons (Fsp3) is 0.462. The van der Waals surface area contributed by atoms with Gasteiger partial charge in [-0.3, -0.25) is 0 Å². The standard InChI is InChI=1S/C13H18O5/c1-3-16-10-7-5-6-8-11(10)18-9-12(13(14)15)17-4-2/h5-8,12H,3-4,9H2,1-2H3,(H,14,15). The maximum Gasteiger partial charge on any atom is 0.336 e. The van der Waals surface area contributed by atoms with E-state index in [9.17, 15) is 4.79 Å². The lowest BCUT2D eigenvalue weighted by Gasteiger charge is -2.15. The van der Waals surface area contributed by atoms with Crippen molar-refractivity contribution in [2.75, 3.05) is 19.8 Å². The summed E-state index contributed by atoms with van der Waals surface area (Å²) in [7, 11) is 0. The minimum absolute atomic E-state index is 0.0484. The van der Waals surface area contributed by atoms with Gasteiger partial charge in [0.05, 0.1) is 6.61 Å². The third kappa shape index (κ3) is 4.25. The van der Waals surface area contributed by atoms with E-state index in [1.165, 1.54) is 0 Å². The number of carboxylic acids is 1. The number of para-hydroxylation sites is 2. The Morgan fingerprint density at radius 2 is 1.78 bits per heavy atom. The molecule has 1 atom stereocenters. The predicted molar refractivity (Wildman–Crippen MR) is 66.2 cm³/mol. The van der Waals surface area contributed by atoms with Crippen LogP contribution in [0.4, 0.5) is 0 Å². The summed E-state index contributed by atoms with van der Waals surface area (Å²) in [6.07, 6.45) is -0.968. The van der Waals surface area contributed by atoms with E-state index < -0.39 is 12.1 Å². The zero-order valence-corrected chi connectivity index (χ0v) is 10.6. The van der Waals surface area contributed by atoms with Crippen LogP contribution in [0.5, 0.6) is 11.5 Å². The Labute approximate surface area is 106 Å². The molecule has 0 amide bonds. The molecule has 0 aliphatic heterocycles. The van der Waals surface area contributed by atoms with Crippen LogP contribution in [0.1, 0.15) is 13.8 Å². The molecule has 0 saturated heterocycles. The lowest BCUT2D eigenvalue weighted by atomic mass is 10.3. The molecular weight excluding hydrogens is 236 g/mol. The molecule has 0 saturated carbocycles. The Bertz CT molecular complexity index is 377. The average molecular weight is 254 g/mol. The van der Waals surface area contributed by atoms with Crippen molar-refractivity contribution in [3.05, 3.63) is 24.3 Å². The first-order valence-corrected chi connectivity index (χ1v) is 5.88. The Balaban J connectivity index is 2.63. The maximum absolute atomic E-state index is 10.9. The fourth-order valence-electron chi connectivity index (χ4n) is 1.40. The molecule has 0 radical (unpaired) electrons. The highest BCUT2D eigenvalue weighted by Crippen LogP contribution is 2.26. The second-order valence-corrected chi connectivity index (χ2v) is 3.47. The molecule has 5 nitrogen and oxygen atoms in total. The van der Waals surface area contributed by atoms with Crippen molar-refractivity contribution in [3.8, 4) is 11.5 Å². The SMILES string of the molecule is CCOc1ccccc1OCC(OCC)C(=O)O. The van der Waals surface area contributed by atoms with E-state index in [-0.39, 0.29) is 6.61 Å². The van der Waals surface area contributed by atoms with Crippen LogP contribution >= 0.6 is 0 Å². The number of carboxylic acid groups (broad SMARTS) is 1. The minimum Gasteiger partial charge on any atom is -0.490 e. The topological polar surface area (TPSA) is 65.0 Å². The molecule has 5 heteroatoms. The van der Waals surface area contributed by atoms with Crippen molar-refractivity contribution in [1.82, 2.24) is 0 Å². The number of rotatable bonds is 8. The zero-order valence-electron chi connectivity index (χ0n) is 10.6. The van der Waals surface area contributed by atoms with Gasteiger partial charge in [-0.25, -0.2) is 4.79 Å². The van der Waals surface area contributed by atoms with E-state index in [4.69, 9.17) is 19.3 Å². The molecule has 0 bridgehead atoms. The summed E-state index contributed by atoms with van der Waals surface area (Å²) in [5.74, 6) is 0.0803. The molecule has 18 heavy (non-hydrogen) atoms. The molecule has 0 aromatic heterocycles. The van der Waals surface area contributed by atoms with E-state index in [0.717, 1.165) is 0 Å². The van der Waals surface area contributed by atoms with Crippen molar-refractivity contribution in [1.29, 1.82) is 0 Å². The van der Waals surface area contributed by atoms with E-state index in [2.05, 4.69) is 0 Å². The summed E-state index contributed by atoms with van der Waals surface area (Å²) >= 11 is 0. The van der Waals surface area contributed by atoms with Crippen molar-refractivity contribution in [2.45, 2.75) is 20.0 Å². The molecule has 0 spiro atoms. The zero-order chi connectivity index (χ0) is 13.4. The molecule has 1 N–H and O–H groups in total. The summed E-state index contributed by atoms with van der Waals surface area (Å²) in [5.41, 5.74) is 0. The van der Waals surface area contributed by atoms with Gasteiger partial charge in [0.15, 0.2) is 17.6 Å². The molecule has 0 heterocycles. The lowest BCUT2D eigenvalue weighted by Crippen LogP contribution is -2.30. The van der Waals surface area contributed by atoms with Crippen LogP contribution in [0.25, 0.3) is 0 Å². The smallest absolute Gasteiger partial charge is 0.336 e.